The summed E-state index contributed by atoms with van der Waals surface area (Å²) in [6.07, 6.45) is 2.06. The van der Waals surface area contributed by atoms with Gasteiger partial charge in [-0.15, -0.1) is 0 Å². The molecule has 0 heterocycles. The lowest BCUT2D eigenvalue weighted by atomic mass is 10.1. The molecule has 0 saturated heterocycles. The van der Waals surface area contributed by atoms with Gasteiger partial charge in [0.15, 0.2) is 11.5 Å². The van der Waals surface area contributed by atoms with Gasteiger partial charge in [-0.05, 0) is 44.1 Å². The largest absolute Gasteiger partial charge is 0.493 e. The highest BCUT2D eigenvalue weighted by molar-refractivity contribution is 5.58. The van der Waals surface area contributed by atoms with E-state index in [1.807, 2.05) is 12.1 Å². The van der Waals surface area contributed by atoms with Crippen LogP contribution in [0.2, 0.25) is 0 Å². The number of nitrogen functional groups attached to an aromatic ring is 1. The Bertz CT molecular complexity index is 390. The number of methoxy groups -OCH3 is 2. The van der Waals surface area contributed by atoms with Crippen molar-refractivity contribution < 1.29 is 9.47 Å². The van der Waals surface area contributed by atoms with E-state index in [1.54, 1.807) is 14.2 Å². The van der Waals surface area contributed by atoms with E-state index in [4.69, 9.17) is 15.2 Å². The molecule has 0 aliphatic rings. The Hall–Kier alpha value is -1.42. The minimum atomic E-state index is 0.687. The first-order valence-corrected chi connectivity index (χ1v) is 6.88. The second-order valence-corrected chi connectivity index (χ2v) is 4.54. The van der Waals surface area contributed by atoms with Gasteiger partial charge < -0.3 is 20.1 Å². The molecule has 2 N–H and O–H groups in total. The summed E-state index contributed by atoms with van der Waals surface area (Å²) in [6, 6.07) is 3.82. The third-order valence-electron chi connectivity index (χ3n) is 3.46. The summed E-state index contributed by atoms with van der Waals surface area (Å²) in [4.78, 5) is 2.41. The summed E-state index contributed by atoms with van der Waals surface area (Å²) in [5.41, 5.74) is 7.96. The summed E-state index contributed by atoms with van der Waals surface area (Å²) in [7, 11) is 3.27. The van der Waals surface area contributed by atoms with Crippen LogP contribution in [0.15, 0.2) is 12.1 Å². The van der Waals surface area contributed by atoms with Crippen LogP contribution in [-0.2, 0) is 6.42 Å². The smallest absolute Gasteiger partial charge is 0.162 e. The molecule has 0 aromatic heterocycles. The molecular formula is C15H26N2O2. The van der Waals surface area contributed by atoms with Crippen LogP contribution < -0.4 is 15.2 Å². The predicted octanol–water partition coefficient (Wildman–Crippen LogP) is 2.56. The molecule has 0 unspecified atom stereocenters. The van der Waals surface area contributed by atoms with E-state index in [-0.39, 0.29) is 0 Å². The summed E-state index contributed by atoms with van der Waals surface area (Å²) < 4.78 is 10.5. The fourth-order valence-corrected chi connectivity index (χ4v) is 2.19. The number of benzene rings is 1. The van der Waals surface area contributed by atoms with Gasteiger partial charge in [-0.3, -0.25) is 0 Å². The molecule has 0 amide bonds. The maximum atomic E-state index is 6.05. The lowest BCUT2D eigenvalue weighted by Crippen LogP contribution is -2.24. The molecule has 1 aromatic carbocycles. The van der Waals surface area contributed by atoms with E-state index >= 15 is 0 Å². The lowest BCUT2D eigenvalue weighted by Gasteiger charge is -2.18. The number of nitrogens with two attached hydrogens (primary N) is 1. The van der Waals surface area contributed by atoms with Crippen molar-refractivity contribution in [2.24, 2.45) is 0 Å². The van der Waals surface area contributed by atoms with Gasteiger partial charge in [0.2, 0.25) is 0 Å². The van der Waals surface area contributed by atoms with Crippen molar-refractivity contribution in [2.45, 2.75) is 26.7 Å². The van der Waals surface area contributed by atoms with Crippen molar-refractivity contribution in [3.8, 4) is 11.5 Å². The zero-order valence-corrected chi connectivity index (χ0v) is 12.5. The number of aryl methyl sites for hydroxylation is 1. The van der Waals surface area contributed by atoms with Crippen LogP contribution in [0.4, 0.5) is 5.69 Å². The van der Waals surface area contributed by atoms with Gasteiger partial charge in [-0.2, -0.15) is 0 Å². The predicted molar refractivity (Wildman–Crippen MR) is 80.1 cm³/mol. The molecule has 0 radical (unpaired) electrons. The normalized spacial score (nSPS) is 10.8. The van der Waals surface area contributed by atoms with Crippen molar-refractivity contribution in [1.29, 1.82) is 0 Å². The molecule has 0 bridgehead atoms. The summed E-state index contributed by atoms with van der Waals surface area (Å²) in [5.74, 6) is 1.43. The van der Waals surface area contributed by atoms with Gasteiger partial charge in [0.1, 0.15) is 0 Å². The first-order valence-electron chi connectivity index (χ1n) is 6.88. The van der Waals surface area contributed by atoms with Gasteiger partial charge in [-0.25, -0.2) is 0 Å². The highest BCUT2D eigenvalue weighted by Crippen LogP contribution is 2.32. The molecule has 0 saturated carbocycles. The van der Waals surface area contributed by atoms with Crippen LogP contribution in [0.3, 0.4) is 0 Å². The van der Waals surface area contributed by atoms with Gasteiger partial charge in [-0.1, -0.05) is 13.8 Å². The molecule has 4 nitrogen and oxygen atoms in total. The van der Waals surface area contributed by atoms with E-state index in [2.05, 4.69) is 18.7 Å². The number of rotatable bonds is 8. The Kier molecular flexibility index (Phi) is 6.50. The van der Waals surface area contributed by atoms with Gasteiger partial charge in [0.25, 0.3) is 0 Å². The topological polar surface area (TPSA) is 47.7 Å². The van der Waals surface area contributed by atoms with Crippen molar-refractivity contribution in [3.63, 3.8) is 0 Å². The minimum absolute atomic E-state index is 0.687. The Morgan fingerprint density at radius 3 is 2.16 bits per heavy atom. The molecule has 1 aromatic rings. The van der Waals surface area contributed by atoms with Gasteiger partial charge >= 0.3 is 0 Å². The number of anilines is 1. The van der Waals surface area contributed by atoms with Gasteiger partial charge in [0, 0.05) is 11.8 Å². The fourth-order valence-electron chi connectivity index (χ4n) is 2.19. The summed E-state index contributed by atoms with van der Waals surface area (Å²) >= 11 is 0. The molecule has 0 atom stereocenters. The molecular weight excluding hydrogens is 240 g/mol. The van der Waals surface area contributed by atoms with Crippen LogP contribution in [0.25, 0.3) is 0 Å². The number of ether oxygens (including phenoxy) is 2. The third kappa shape index (κ3) is 4.31. The molecule has 19 heavy (non-hydrogen) atoms. The molecule has 0 fully saturated rings. The lowest BCUT2D eigenvalue weighted by molar-refractivity contribution is 0.300. The number of nitrogens with zero attached hydrogens (tertiary/aromatic N) is 1. The third-order valence-corrected chi connectivity index (χ3v) is 3.46. The Morgan fingerprint density at radius 1 is 1.05 bits per heavy atom. The minimum Gasteiger partial charge on any atom is -0.493 e. The van der Waals surface area contributed by atoms with E-state index in [0.717, 1.165) is 49.5 Å². The number of hydrogen-bond acceptors (Lipinski definition) is 4. The molecule has 4 heteroatoms. The van der Waals surface area contributed by atoms with Crippen molar-refractivity contribution in [1.82, 2.24) is 4.90 Å². The van der Waals surface area contributed by atoms with Crippen LogP contribution in [0, 0.1) is 0 Å². The Balaban J connectivity index is 2.68. The Morgan fingerprint density at radius 2 is 1.63 bits per heavy atom. The van der Waals surface area contributed by atoms with Gasteiger partial charge in [0.05, 0.1) is 14.2 Å². The second kappa shape index (κ2) is 7.89. The monoisotopic (exact) mass is 266 g/mol. The van der Waals surface area contributed by atoms with Crippen molar-refractivity contribution in [2.75, 3.05) is 39.6 Å². The molecule has 0 aliphatic heterocycles. The SMILES string of the molecule is CCN(CC)CCCc1cc(OC)c(OC)cc1N. The quantitative estimate of drug-likeness (QED) is 0.735. The van der Waals surface area contributed by atoms with Crippen molar-refractivity contribution in [3.05, 3.63) is 17.7 Å². The van der Waals surface area contributed by atoms with Crippen LogP contribution >= 0.6 is 0 Å². The average Bonchev–Trinajstić information content (AvgIpc) is 2.44. The van der Waals surface area contributed by atoms with Crippen molar-refractivity contribution >= 4 is 5.69 Å². The number of hydrogen-bond donors (Lipinski definition) is 1. The molecule has 108 valence electrons. The molecule has 0 spiro atoms. The zero-order valence-electron chi connectivity index (χ0n) is 12.5. The summed E-state index contributed by atoms with van der Waals surface area (Å²) in [6.45, 7) is 7.67. The first kappa shape index (κ1) is 15.6. The fraction of sp³-hybridized carbons (Fsp3) is 0.600. The summed E-state index contributed by atoms with van der Waals surface area (Å²) in [5, 5.41) is 0. The van der Waals surface area contributed by atoms with E-state index < -0.39 is 0 Å². The highest BCUT2D eigenvalue weighted by atomic mass is 16.5. The van der Waals surface area contributed by atoms with E-state index in [1.165, 1.54) is 0 Å². The zero-order chi connectivity index (χ0) is 14.3. The maximum absolute atomic E-state index is 6.05. The maximum Gasteiger partial charge on any atom is 0.162 e. The Labute approximate surface area is 116 Å². The van der Waals surface area contributed by atoms with Crippen LogP contribution in [0.1, 0.15) is 25.8 Å². The molecule has 0 aliphatic carbocycles. The second-order valence-electron chi connectivity index (χ2n) is 4.54. The molecule has 1 rings (SSSR count). The van der Waals surface area contributed by atoms with Crippen LogP contribution in [-0.4, -0.2) is 38.8 Å². The highest BCUT2D eigenvalue weighted by Gasteiger charge is 2.09. The standard InChI is InChI=1S/C15H26N2O2/c1-5-17(6-2)9-7-8-12-10-14(18-3)15(19-4)11-13(12)16/h10-11H,5-9,16H2,1-4H3. The van der Waals surface area contributed by atoms with Crippen LogP contribution in [0.5, 0.6) is 11.5 Å². The van der Waals surface area contributed by atoms with E-state index in [9.17, 15) is 0 Å². The van der Waals surface area contributed by atoms with E-state index in [0.29, 0.717) is 5.75 Å². The first-order chi connectivity index (χ1) is 9.15. The average molecular weight is 266 g/mol.